The molecule has 88 valence electrons. The molecule has 1 aromatic carbocycles. The van der Waals surface area contributed by atoms with Crippen molar-refractivity contribution in [1.82, 2.24) is 10.2 Å². The Labute approximate surface area is 99.5 Å². The van der Waals surface area contributed by atoms with Crippen LogP contribution < -0.4 is 5.73 Å². The second kappa shape index (κ2) is 4.49. The van der Waals surface area contributed by atoms with E-state index in [0.717, 1.165) is 5.69 Å². The maximum atomic E-state index is 13.7. The van der Waals surface area contributed by atoms with E-state index < -0.39 is 0 Å². The van der Waals surface area contributed by atoms with Crippen molar-refractivity contribution in [3.05, 3.63) is 41.8 Å². The molecule has 2 rings (SSSR count). The van der Waals surface area contributed by atoms with Gasteiger partial charge in [0, 0.05) is 11.1 Å². The molecule has 0 saturated carbocycles. The summed E-state index contributed by atoms with van der Waals surface area (Å²) < 4.78 is 13.7. The van der Waals surface area contributed by atoms with E-state index in [9.17, 15) is 4.39 Å². The average Bonchev–Trinajstić information content (AvgIpc) is 2.30. The molecule has 2 aromatic rings. The van der Waals surface area contributed by atoms with Gasteiger partial charge in [0.05, 0.1) is 5.69 Å². The smallest absolute Gasteiger partial charge is 0.154 e. The Kier molecular flexibility index (Phi) is 3.04. The summed E-state index contributed by atoms with van der Waals surface area (Å²) in [5.74, 6) is 0.176. The van der Waals surface area contributed by atoms with Crippen LogP contribution in [0.4, 0.5) is 10.2 Å². The number of nitrogens with two attached hydrogens (primary N) is 1. The SMILES string of the molecule is CC(C)c1cc(-c2ccccc2F)c(N)nn1. The first kappa shape index (κ1) is 11.5. The second-order valence-electron chi connectivity index (χ2n) is 4.20. The van der Waals surface area contributed by atoms with E-state index >= 15 is 0 Å². The van der Waals surface area contributed by atoms with Crippen LogP contribution in [0, 0.1) is 5.82 Å². The summed E-state index contributed by atoms with van der Waals surface area (Å²) in [6, 6.07) is 8.31. The number of halogens is 1. The predicted octanol–water partition coefficient (Wildman–Crippen LogP) is 2.99. The molecule has 3 nitrogen and oxygen atoms in total. The van der Waals surface area contributed by atoms with Gasteiger partial charge in [0.15, 0.2) is 5.82 Å². The van der Waals surface area contributed by atoms with Crippen molar-refractivity contribution in [2.45, 2.75) is 19.8 Å². The standard InChI is InChI=1S/C13H14FN3/c1-8(2)12-7-10(13(15)17-16-12)9-5-3-4-6-11(9)14/h3-8H,1-2H3,(H2,15,17). The van der Waals surface area contributed by atoms with Gasteiger partial charge in [-0.15, -0.1) is 5.10 Å². The second-order valence-corrected chi connectivity index (χ2v) is 4.20. The quantitative estimate of drug-likeness (QED) is 0.864. The zero-order valence-electron chi connectivity index (χ0n) is 9.81. The van der Waals surface area contributed by atoms with E-state index in [0.29, 0.717) is 11.1 Å². The molecule has 0 saturated heterocycles. The van der Waals surface area contributed by atoms with Crippen molar-refractivity contribution in [3.8, 4) is 11.1 Å². The Morgan fingerprint density at radius 1 is 1.12 bits per heavy atom. The molecular weight excluding hydrogens is 217 g/mol. The van der Waals surface area contributed by atoms with E-state index in [-0.39, 0.29) is 17.6 Å². The minimum absolute atomic E-state index is 0.230. The first-order valence-electron chi connectivity index (χ1n) is 5.47. The number of nitrogen functional groups attached to an aromatic ring is 1. The van der Waals surface area contributed by atoms with Gasteiger partial charge in [0.25, 0.3) is 0 Å². The van der Waals surface area contributed by atoms with Crippen LogP contribution in [-0.2, 0) is 0 Å². The Bertz CT molecular complexity index is 538. The van der Waals surface area contributed by atoms with Crippen molar-refractivity contribution in [3.63, 3.8) is 0 Å². The van der Waals surface area contributed by atoms with Crippen LogP contribution in [0.3, 0.4) is 0 Å². The minimum atomic E-state index is -0.304. The van der Waals surface area contributed by atoms with Gasteiger partial charge < -0.3 is 5.73 Å². The van der Waals surface area contributed by atoms with Gasteiger partial charge in [-0.05, 0) is 18.1 Å². The van der Waals surface area contributed by atoms with Crippen molar-refractivity contribution >= 4 is 5.82 Å². The summed E-state index contributed by atoms with van der Waals surface area (Å²) in [5.41, 5.74) is 7.61. The van der Waals surface area contributed by atoms with E-state index in [1.54, 1.807) is 24.3 Å². The molecule has 0 unspecified atom stereocenters. The van der Waals surface area contributed by atoms with Crippen LogP contribution in [0.2, 0.25) is 0 Å². The number of hydrogen-bond donors (Lipinski definition) is 1. The number of hydrogen-bond acceptors (Lipinski definition) is 3. The highest BCUT2D eigenvalue weighted by molar-refractivity contribution is 5.74. The molecule has 1 heterocycles. The van der Waals surface area contributed by atoms with Gasteiger partial charge in [-0.1, -0.05) is 32.0 Å². The van der Waals surface area contributed by atoms with E-state index in [2.05, 4.69) is 10.2 Å². The van der Waals surface area contributed by atoms with Gasteiger partial charge in [-0.3, -0.25) is 0 Å². The van der Waals surface area contributed by atoms with Crippen LogP contribution in [0.1, 0.15) is 25.5 Å². The summed E-state index contributed by atoms with van der Waals surface area (Å²) in [6.45, 7) is 4.01. The molecule has 4 heteroatoms. The highest BCUT2D eigenvalue weighted by atomic mass is 19.1. The maximum Gasteiger partial charge on any atom is 0.154 e. The Morgan fingerprint density at radius 2 is 1.82 bits per heavy atom. The summed E-state index contributed by atoms with van der Waals surface area (Å²) in [5, 5.41) is 7.88. The highest BCUT2D eigenvalue weighted by Gasteiger charge is 2.12. The molecule has 0 aliphatic heterocycles. The lowest BCUT2D eigenvalue weighted by Crippen LogP contribution is -2.02. The number of aromatic nitrogens is 2. The van der Waals surface area contributed by atoms with Crippen LogP contribution in [0.25, 0.3) is 11.1 Å². The molecule has 0 aliphatic rings. The summed E-state index contributed by atoms with van der Waals surface area (Å²) in [7, 11) is 0. The molecule has 0 aliphatic carbocycles. The lowest BCUT2D eigenvalue weighted by atomic mass is 10.0. The molecular formula is C13H14FN3. The summed E-state index contributed by atoms with van der Waals surface area (Å²) in [6.07, 6.45) is 0. The fourth-order valence-corrected chi connectivity index (χ4v) is 1.59. The lowest BCUT2D eigenvalue weighted by Gasteiger charge is -2.09. The molecule has 0 spiro atoms. The number of rotatable bonds is 2. The molecule has 0 fully saturated rings. The normalized spacial score (nSPS) is 10.8. The van der Waals surface area contributed by atoms with E-state index in [1.807, 2.05) is 13.8 Å². The van der Waals surface area contributed by atoms with Crippen molar-refractivity contribution in [1.29, 1.82) is 0 Å². The van der Waals surface area contributed by atoms with Crippen LogP contribution >= 0.6 is 0 Å². The molecule has 1 aromatic heterocycles. The van der Waals surface area contributed by atoms with Crippen molar-refractivity contribution in [2.75, 3.05) is 5.73 Å². The summed E-state index contributed by atoms with van der Waals surface area (Å²) in [4.78, 5) is 0. The third-order valence-electron chi connectivity index (χ3n) is 2.60. The van der Waals surface area contributed by atoms with E-state index in [4.69, 9.17) is 5.73 Å². The van der Waals surface area contributed by atoms with Gasteiger partial charge in [0.2, 0.25) is 0 Å². The Hall–Kier alpha value is -1.97. The largest absolute Gasteiger partial charge is 0.382 e. The maximum absolute atomic E-state index is 13.7. The molecule has 2 N–H and O–H groups in total. The fraction of sp³-hybridized carbons (Fsp3) is 0.231. The van der Waals surface area contributed by atoms with Crippen LogP contribution in [0.15, 0.2) is 30.3 Å². The van der Waals surface area contributed by atoms with Crippen molar-refractivity contribution in [2.24, 2.45) is 0 Å². The Morgan fingerprint density at radius 3 is 2.47 bits per heavy atom. The third-order valence-corrected chi connectivity index (χ3v) is 2.60. The van der Waals surface area contributed by atoms with Gasteiger partial charge in [-0.25, -0.2) is 4.39 Å². The average molecular weight is 231 g/mol. The highest BCUT2D eigenvalue weighted by Crippen LogP contribution is 2.28. The van der Waals surface area contributed by atoms with Gasteiger partial charge >= 0.3 is 0 Å². The third kappa shape index (κ3) is 2.25. The fourth-order valence-electron chi connectivity index (χ4n) is 1.59. The van der Waals surface area contributed by atoms with Gasteiger partial charge in [0.1, 0.15) is 5.82 Å². The predicted molar refractivity (Wildman–Crippen MR) is 65.9 cm³/mol. The molecule has 0 amide bonds. The topological polar surface area (TPSA) is 51.8 Å². The zero-order chi connectivity index (χ0) is 12.4. The van der Waals surface area contributed by atoms with Gasteiger partial charge in [-0.2, -0.15) is 5.10 Å². The van der Waals surface area contributed by atoms with Crippen molar-refractivity contribution < 1.29 is 4.39 Å². The number of anilines is 1. The lowest BCUT2D eigenvalue weighted by molar-refractivity contribution is 0.631. The summed E-state index contributed by atoms with van der Waals surface area (Å²) >= 11 is 0. The minimum Gasteiger partial charge on any atom is -0.382 e. The zero-order valence-corrected chi connectivity index (χ0v) is 9.81. The molecule has 0 atom stereocenters. The first-order valence-corrected chi connectivity index (χ1v) is 5.47. The number of nitrogens with zero attached hydrogens (tertiary/aromatic N) is 2. The molecule has 17 heavy (non-hydrogen) atoms. The number of benzene rings is 1. The van der Waals surface area contributed by atoms with Crippen LogP contribution in [-0.4, -0.2) is 10.2 Å². The first-order chi connectivity index (χ1) is 8.09. The molecule has 0 radical (unpaired) electrons. The van der Waals surface area contributed by atoms with Crippen LogP contribution in [0.5, 0.6) is 0 Å². The van der Waals surface area contributed by atoms with E-state index in [1.165, 1.54) is 6.07 Å². The monoisotopic (exact) mass is 231 g/mol. The molecule has 0 bridgehead atoms. The Balaban J connectivity index is 2.59.